The number of Topliss-reactive ketones (excluding diaryl/α,β-unsaturated/α-hetero) is 1. The number of aryl methyl sites for hydroxylation is 1. The van der Waals surface area contributed by atoms with E-state index in [0.717, 1.165) is 5.56 Å². The number of nitrogens with zero attached hydrogens (tertiary/aromatic N) is 2. The highest BCUT2D eigenvalue weighted by atomic mass is 16.2. The highest BCUT2D eigenvalue weighted by molar-refractivity contribution is 5.98. The lowest BCUT2D eigenvalue weighted by Gasteiger charge is -2.32. The van der Waals surface area contributed by atoms with Crippen molar-refractivity contribution in [2.24, 2.45) is 0 Å². The molecule has 0 aliphatic carbocycles. The fraction of sp³-hybridized carbons (Fsp3) is 0.364. The van der Waals surface area contributed by atoms with Crippen LogP contribution >= 0.6 is 0 Å². The second-order valence-electron chi connectivity index (χ2n) is 7.16. The summed E-state index contributed by atoms with van der Waals surface area (Å²) in [5.74, 6) is -0.136. The summed E-state index contributed by atoms with van der Waals surface area (Å²) in [6.07, 6.45) is 5.04. The largest absolute Gasteiger partial charge is 0.353 e. The fourth-order valence-corrected chi connectivity index (χ4v) is 3.31. The molecule has 0 unspecified atom stereocenters. The van der Waals surface area contributed by atoms with Gasteiger partial charge in [0, 0.05) is 55.5 Å². The molecule has 1 aliphatic heterocycles. The van der Waals surface area contributed by atoms with Gasteiger partial charge in [-0.3, -0.25) is 19.4 Å². The van der Waals surface area contributed by atoms with Gasteiger partial charge in [0.2, 0.25) is 5.91 Å². The molecule has 6 nitrogen and oxygen atoms in total. The lowest BCUT2D eigenvalue weighted by molar-refractivity contribution is -0.122. The number of carbonyl (C=O) groups excluding carboxylic acids is 3. The van der Waals surface area contributed by atoms with E-state index in [0.29, 0.717) is 37.1 Å². The van der Waals surface area contributed by atoms with Crippen LogP contribution in [0.3, 0.4) is 0 Å². The SMILES string of the molecule is Cc1ccc(C(=O)CCC(=O)NC2CCN(C(=O)c3ccncc3)CC2)cc1. The normalized spacial score (nSPS) is 14.5. The van der Waals surface area contributed by atoms with Crippen molar-refractivity contribution in [3.63, 3.8) is 0 Å². The molecule has 28 heavy (non-hydrogen) atoms. The first-order chi connectivity index (χ1) is 13.5. The van der Waals surface area contributed by atoms with Gasteiger partial charge in [0.25, 0.3) is 5.91 Å². The first kappa shape index (κ1) is 19.7. The second-order valence-corrected chi connectivity index (χ2v) is 7.16. The summed E-state index contributed by atoms with van der Waals surface area (Å²) in [6.45, 7) is 3.18. The highest BCUT2D eigenvalue weighted by Gasteiger charge is 2.24. The summed E-state index contributed by atoms with van der Waals surface area (Å²) in [6, 6.07) is 10.9. The minimum atomic E-state index is -0.112. The summed E-state index contributed by atoms with van der Waals surface area (Å²) in [4.78, 5) is 42.5. The summed E-state index contributed by atoms with van der Waals surface area (Å²) in [5, 5.41) is 2.99. The topological polar surface area (TPSA) is 79.4 Å². The molecule has 146 valence electrons. The van der Waals surface area contributed by atoms with Crippen LogP contribution in [0.5, 0.6) is 0 Å². The minimum Gasteiger partial charge on any atom is -0.353 e. The minimum absolute atomic E-state index is 0.00382. The summed E-state index contributed by atoms with van der Waals surface area (Å²) in [5.41, 5.74) is 2.37. The molecule has 2 aromatic rings. The molecule has 3 rings (SSSR count). The summed E-state index contributed by atoms with van der Waals surface area (Å²) >= 11 is 0. The molecular formula is C22H25N3O3. The van der Waals surface area contributed by atoms with E-state index in [4.69, 9.17) is 0 Å². The number of hydrogen-bond acceptors (Lipinski definition) is 4. The fourth-order valence-electron chi connectivity index (χ4n) is 3.31. The van der Waals surface area contributed by atoms with Crippen LogP contribution in [0.2, 0.25) is 0 Å². The van der Waals surface area contributed by atoms with Gasteiger partial charge in [0.15, 0.2) is 5.78 Å². The van der Waals surface area contributed by atoms with Crippen molar-refractivity contribution < 1.29 is 14.4 Å². The molecule has 1 fully saturated rings. The Morgan fingerprint density at radius 3 is 2.25 bits per heavy atom. The third kappa shape index (κ3) is 5.25. The van der Waals surface area contributed by atoms with Gasteiger partial charge in [-0.1, -0.05) is 29.8 Å². The highest BCUT2D eigenvalue weighted by Crippen LogP contribution is 2.14. The van der Waals surface area contributed by atoms with Crippen molar-refractivity contribution in [2.75, 3.05) is 13.1 Å². The van der Waals surface area contributed by atoms with Gasteiger partial charge in [-0.2, -0.15) is 0 Å². The van der Waals surface area contributed by atoms with Gasteiger partial charge in [-0.15, -0.1) is 0 Å². The van der Waals surface area contributed by atoms with Crippen molar-refractivity contribution in [1.29, 1.82) is 0 Å². The number of likely N-dealkylation sites (tertiary alicyclic amines) is 1. The predicted molar refractivity (Wildman–Crippen MR) is 106 cm³/mol. The van der Waals surface area contributed by atoms with E-state index in [2.05, 4.69) is 10.3 Å². The van der Waals surface area contributed by atoms with Crippen LogP contribution < -0.4 is 5.32 Å². The molecule has 0 bridgehead atoms. The number of amides is 2. The number of benzene rings is 1. The van der Waals surface area contributed by atoms with Crippen LogP contribution in [0.15, 0.2) is 48.8 Å². The van der Waals surface area contributed by atoms with Gasteiger partial charge in [0.1, 0.15) is 0 Å². The third-order valence-electron chi connectivity index (χ3n) is 5.03. The maximum Gasteiger partial charge on any atom is 0.253 e. The van der Waals surface area contributed by atoms with Crippen molar-refractivity contribution in [3.05, 3.63) is 65.5 Å². The first-order valence-corrected chi connectivity index (χ1v) is 9.61. The van der Waals surface area contributed by atoms with Gasteiger partial charge in [-0.25, -0.2) is 0 Å². The van der Waals surface area contributed by atoms with Gasteiger partial charge in [0.05, 0.1) is 0 Å². The third-order valence-corrected chi connectivity index (χ3v) is 5.03. The van der Waals surface area contributed by atoms with Crippen LogP contribution in [0.1, 0.15) is 52.0 Å². The maximum atomic E-state index is 12.4. The number of carbonyl (C=O) groups is 3. The van der Waals surface area contributed by atoms with Crippen LogP contribution in [0.4, 0.5) is 0 Å². The quantitative estimate of drug-likeness (QED) is 0.783. The Bertz CT molecular complexity index is 826. The second kappa shape index (κ2) is 9.26. The van der Waals surface area contributed by atoms with Gasteiger partial charge in [-0.05, 0) is 31.9 Å². The number of pyridine rings is 1. The number of nitrogens with one attached hydrogen (secondary N) is 1. The predicted octanol–water partition coefficient (Wildman–Crippen LogP) is 2.77. The number of hydrogen-bond donors (Lipinski definition) is 1. The van der Waals surface area contributed by atoms with E-state index >= 15 is 0 Å². The van der Waals surface area contributed by atoms with Crippen molar-refractivity contribution >= 4 is 17.6 Å². The summed E-state index contributed by atoms with van der Waals surface area (Å²) < 4.78 is 0. The number of rotatable bonds is 6. The van der Waals surface area contributed by atoms with E-state index in [1.165, 1.54) is 0 Å². The number of piperidine rings is 1. The Hall–Kier alpha value is -3.02. The molecule has 2 amide bonds. The molecule has 2 heterocycles. The van der Waals surface area contributed by atoms with Crippen LogP contribution in [-0.2, 0) is 4.79 Å². The van der Waals surface area contributed by atoms with Gasteiger partial charge < -0.3 is 10.2 Å². The van der Waals surface area contributed by atoms with E-state index < -0.39 is 0 Å². The molecular weight excluding hydrogens is 354 g/mol. The Labute approximate surface area is 165 Å². The van der Waals surface area contributed by atoms with E-state index in [1.807, 2.05) is 19.1 Å². The van der Waals surface area contributed by atoms with E-state index in [-0.39, 0.29) is 36.5 Å². The van der Waals surface area contributed by atoms with Crippen LogP contribution in [0.25, 0.3) is 0 Å². The average Bonchev–Trinajstić information content (AvgIpc) is 2.73. The molecule has 6 heteroatoms. The molecule has 1 aromatic carbocycles. The van der Waals surface area contributed by atoms with E-state index in [9.17, 15) is 14.4 Å². The zero-order chi connectivity index (χ0) is 19.9. The Morgan fingerprint density at radius 1 is 0.964 bits per heavy atom. The molecule has 1 saturated heterocycles. The zero-order valence-electron chi connectivity index (χ0n) is 16.1. The maximum absolute atomic E-state index is 12.4. The van der Waals surface area contributed by atoms with Crippen molar-refractivity contribution in [2.45, 2.75) is 38.6 Å². The van der Waals surface area contributed by atoms with Crippen molar-refractivity contribution in [1.82, 2.24) is 15.2 Å². The Kier molecular flexibility index (Phi) is 6.53. The van der Waals surface area contributed by atoms with Crippen LogP contribution in [0, 0.1) is 6.92 Å². The average molecular weight is 379 g/mol. The standard InChI is InChI=1S/C22H25N3O3/c1-16-2-4-17(5-3-16)20(26)6-7-21(27)24-19-10-14-25(15-11-19)22(28)18-8-12-23-13-9-18/h2-5,8-9,12-13,19H,6-7,10-11,14-15H2,1H3,(H,24,27). The number of aromatic nitrogens is 1. The smallest absolute Gasteiger partial charge is 0.253 e. The summed E-state index contributed by atoms with van der Waals surface area (Å²) in [7, 11) is 0. The first-order valence-electron chi connectivity index (χ1n) is 9.61. The van der Waals surface area contributed by atoms with Crippen LogP contribution in [-0.4, -0.2) is 46.6 Å². The van der Waals surface area contributed by atoms with E-state index in [1.54, 1.807) is 41.6 Å². The van der Waals surface area contributed by atoms with Gasteiger partial charge >= 0.3 is 0 Å². The lowest BCUT2D eigenvalue weighted by atomic mass is 10.0. The zero-order valence-corrected chi connectivity index (χ0v) is 16.1. The van der Waals surface area contributed by atoms with Crippen molar-refractivity contribution in [3.8, 4) is 0 Å². The number of ketones is 1. The Morgan fingerprint density at radius 2 is 1.61 bits per heavy atom. The molecule has 0 saturated carbocycles. The Balaban J connectivity index is 1.40. The molecule has 1 N–H and O–H groups in total. The monoisotopic (exact) mass is 379 g/mol. The molecule has 0 atom stereocenters. The molecule has 0 radical (unpaired) electrons. The lowest BCUT2D eigenvalue weighted by Crippen LogP contribution is -2.46. The molecule has 1 aliphatic rings. The molecule has 1 aromatic heterocycles. The molecule has 0 spiro atoms.